The van der Waals surface area contributed by atoms with Crippen LogP contribution in [0, 0.1) is 12.7 Å². The first-order chi connectivity index (χ1) is 9.39. The van der Waals surface area contributed by atoms with Crippen molar-refractivity contribution in [3.63, 3.8) is 0 Å². The lowest BCUT2D eigenvalue weighted by Gasteiger charge is -2.12. The predicted octanol–water partition coefficient (Wildman–Crippen LogP) is 2.66. The molecular formula is C14H15FN2O2S. The first-order valence-corrected chi connectivity index (χ1v) is 7.63. The van der Waals surface area contributed by atoms with Gasteiger partial charge in [0.25, 0.3) is 0 Å². The Balaban J connectivity index is 2.24. The molecule has 0 saturated heterocycles. The summed E-state index contributed by atoms with van der Waals surface area (Å²) in [7, 11) is -3.65. The third-order valence-electron chi connectivity index (χ3n) is 2.93. The number of benzene rings is 2. The third kappa shape index (κ3) is 3.27. The van der Waals surface area contributed by atoms with Crippen molar-refractivity contribution in [2.45, 2.75) is 12.7 Å². The van der Waals surface area contributed by atoms with Gasteiger partial charge in [0.05, 0.1) is 11.4 Å². The predicted molar refractivity (Wildman–Crippen MR) is 78.2 cm³/mol. The molecule has 0 unspecified atom stereocenters. The maximum atomic E-state index is 13.4. The molecule has 2 rings (SSSR count). The average molecular weight is 294 g/mol. The minimum Gasteiger partial charge on any atom is -0.398 e. The van der Waals surface area contributed by atoms with Gasteiger partial charge < -0.3 is 5.73 Å². The number of para-hydroxylation sites is 1. The molecule has 0 saturated carbocycles. The van der Waals surface area contributed by atoms with Gasteiger partial charge in [-0.1, -0.05) is 24.3 Å². The maximum Gasteiger partial charge on any atom is 0.237 e. The van der Waals surface area contributed by atoms with Gasteiger partial charge in [-0.15, -0.1) is 0 Å². The molecule has 3 N–H and O–H groups in total. The van der Waals surface area contributed by atoms with Gasteiger partial charge >= 0.3 is 0 Å². The van der Waals surface area contributed by atoms with Crippen molar-refractivity contribution < 1.29 is 12.8 Å². The zero-order chi connectivity index (χ0) is 14.8. The van der Waals surface area contributed by atoms with E-state index in [1.807, 2.05) is 0 Å². The minimum atomic E-state index is -3.65. The number of nitrogens with one attached hydrogen (secondary N) is 1. The van der Waals surface area contributed by atoms with Crippen molar-refractivity contribution in [2.75, 3.05) is 10.5 Å². The van der Waals surface area contributed by atoms with Crippen LogP contribution in [0.4, 0.5) is 15.8 Å². The van der Waals surface area contributed by atoms with Gasteiger partial charge in [-0.3, -0.25) is 4.72 Å². The van der Waals surface area contributed by atoms with Gasteiger partial charge in [-0.25, -0.2) is 12.8 Å². The number of rotatable bonds is 4. The van der Waals surface area contributed by atoms with Crippen LogP contribution in [-0.2, 0) is 15.8 Å². The lowest BCUT2D eigenvalue weighted by atomic mass is 10.2. The van der Waals surface area contributed by atoms with Crippen LogP contribution in [0.25, 0.3) is 0 Å². The fourth-order valence-corrected chi connectivity index (χ4v) is 3.09. The maximum absolute atomic E-state index is 13.4. The number of sulfonamides is 1. The molecule has 0 fully saturated rings. The quantitative estimate of drug-likeness (QED) is 0.851. The smallest absolute Gasteiger partial charge is 0.237 e. The van der Waals surface area contributed by atoms with Crippen molar-refractivity contribution in [3.8, 4) is 0 Å². The molecule has 106 valence electrons. The van der Waals surface area contributed by atoms with Crippen molar-refractivity contribution in [3.05, 3.63) is 59.4 Å². The SMILES string of the molecule is Cc1c(F)cccc1NS(=O)(=O)Cc1ccccc1N. The van der Waals surface area contributed by atoms with Crippen LogP contribution >= 0.6 is 0 Å². The van der Waals surface area contributed by atoms with E-state index in [2.05, 4.69) is 4.72 Å². The molecule has 6 heteroatoms. The van der Waals surface area contributed by atoms with Gasteiger partial charge in [0, 0.05) is 11.3 Å². The Hall–Kier alpha value is -2.08. The van der Waals surface area contributed by atoms with Gasteiger partial charge in [-0.05, 0) is 30.7 Å². The molecule has 0 heterocycles. The van der Waals surface area contributed by atoms with Gasteiger partial charge in [0.15, 0.2) is 0 Å². The van der Waals surface area contributed by atoms with E-state index < -0.39 is 15.8 Å². The minimum absolute atomic E-state index is 0.236. The lowest BCUT2D eigenvalue weighted by Crippen LogP contribution is -2.16. The lowest BCUT2D eigenvalue weighted by molar-refractivity contribution is 0.600. The number of nitrogens with two attached hydrogens (primary N) is 1. The third-order valence-corrected chi connectivity index (χ3v) is 4.16. The highest BCUT2D eigenvalue weighted by Crippen LogP contribution is 2.21. The molecule has 2 aromatic rings. The summed E-state index contributed by atoms with van der Waals surface area (Å²) in [6, 6.07) is 11.0. The summed E-state index contributed by atoms with van der Waals surface area (Å²) in [5.74, 6) is -0.709. The molecule has 0 aliphatic carbocycles. The van der Waals surface area contributed by atoms with Crippen LogP contribution in [0.15, 0.2) is 42.5 Å². The van der Waals surface area contributed by atoms with Crippen LogP contribution in [0.2, 0.25) is 0 Å². The molecule has 2 aromatic carbocycles. The average Bonchev–Trinajstić information content (AvgIpc) is 2.37. The molecule has 0 spiro atoms. The van der Waals surface area contributed by atoms with E-state index in [1.165, 1.54) is 25.1 Å². The Kier molecular flexibility index (Phi) is 3.94. The summed E-state index contributed by atoms with van der Waals surface area (Å²) in [5.41, 5.74) is 7.14. The van der Waals surface area contributed by atoms with Crippen LogP contribution in [0.3, 0.4) is 0 Å². The number of hydrogen-bond donors (Lipinski definition) is 2. The Labute approximate surface area is 117 Å². The molecule has 0 amide bonds. The van der Waals surface area contributed by atoms with Gasteiger partial charge in [0.2, 0.25) is 10.0 Å². The molecule has 0 bridgehead atoms. The molecule has 4 nitrogen and oxygen atoms in total. The summed E-state index contributed by atoms with van der Waals surface area (Å²) < 4.78 is 40.0. The summed E-state index contributed by atoms with van der Waals surface area (Å²) in [6.45, 7) is 1.52. The summed E-state index contributed by atoms with van der Waals surface area (Å²) in [5, 5.41) is 0. The van der Waals surface area contributed by atoms with Crippen LogP contribution in [-0.4, -0.2) is 8.42 Å². The number of nitrogen functional groups attached to an aromatic ring is 1. The molecule has 20 heavy (non-hydrogen) atoms. The van der Waals surface area contributed by atoms with Crippen molar-refractivity contribution in [2.24, 2.45) is 0 Å². The number of anilines is 2. The second-order valence-corrected chi connectivity index (χ2v) is 6.19. The van der Waals surface area contributed by atoms with E-state index in [0.717, 1.165) is 0 Å². The Morgan fingerprint density at radius 3 is 2.55 bits per heavy atom. The normalized spacial score (nSPS) is 11.3. The van der Waals surface area contributed by atoms with Crippen LogP contribution in [0.5, 0.6) is 0 Å². The Bertz CT molecular complexity index is 730. The standard InChI is InChI=1S/C14H15FN2O2S/c1-10-12(15)6-4-8-14(10)17-20(18,19)9-11-5-2-3-7-13(11)16/h2-8,17H,9,16H2,1H3. The summed E-state index contributed by atoms with van der Waals surface area (Å²) >= 11 is 0. The van der Waals surface area contributed by atoms with Crippen molar-refractivity contribution >= 4 is 21.4 Å². The number of hydrogen-bond acceptors (Lipinski definition) is 3. The fourth-order valence-electron chi connectivity index (χ4n) is 1.79. The zero-order valence-corrected chi connectivity index (χ0v) is 11.7. The largest absolute Gasteiger partial charge is 0.398 e. The molecule has 0 atom stereocenters. The van der Waals surface area contributed by atoms with Gasteiger partial charge in [0.1, 0.15) is 5.82 Å². The molecule has 0 radical (unpaired) electrons. The summed E-state index contributed by atoms with van der Waals surface area (Å²) in [4.78, 5) is 0. The van der Waals surface area contributed by atoms with E-state index in [1.54, 1.807) is 24.3 Å². The van der Waals surface area contributed by atoms with E-state index >= 15 is 0 Å². The Morgan fingerprint density at radius 2 is 1.85 bits per heavy atom. The van der Waals surface area contributed by atoms with Crippen LogP contribution < -0.4 is 10.5 Å². The van der Waals surface area contributed by atoms with E-state index in [-0.39, 0.29) is 17.0 Å². The van der Waals surface area contributed by atoms with Crippen LogP contribution in [0.1, 0.15) is 11.1 Å². The first kappa shape index (κ1) is 14.3. The highest BCUT2D eigenvalue weighted by molar-refractivity contribution is 7.91. The topological polar surface area (TPSA) is 72.2 Å². The summed E-state index contributed by atoms with van der Waals surface area (Å²) in [6.07, 6.45) is 0. The second-order valence-electron chi connectivity index (χ2n) is 4.47. The highest BCUT2D eigenvalue weighted by atomic mass is 32.2. The molecule has 0 aliphatic rings. The Morgan fingerprint density at radius 1 is 1.15 bits per heavy atom. The highest BCUT2D eigenvalue weighted by Gasteiger charge is 2.15. The van der Waals surface area contributed by atoms with E-state index in [0.29, 0.717) is 11.3 Å². The fraction of sp³-hybridized carbons (Fsp3) is 0.143. The van der Waals surface area contributed by atoms with Crippen molar-refractivity contribution in [1.82, 2.24) is 0 Å². The zero-order valence-electron chi connectivity index (χ0n) is 10.9. The molecule has 0 aromatic heterocycles. The monoisotopic (exact) mass is 294 g/mol. The molecular weight excluding hydrogens is 279 g/mol. The van der Waals surface area contributed by atoms with Crippen molar-refractivity contribution in [1.29, 1.82) is 0 Å². The second kappa shape index (κ2) is 5.50. The first-order valence-electron chi connectivity index (χ1n) is 5.98. The van der Waals surface area contributed by atoms with E-state index in [9.17, 15) is 12.8 Å². The number of halogens is 1. The molecule has 0 aliphatic heterocycles. The van der Waals surface area contributed by atoms with Gasteiger partial charge in [-0.2, -0.15) is 0 Å². The van der Waals surface area contributed by atoms with E-state index in [4.69, 9.17) is 5.73 Å².